The Balaban J connectivity index is 0.000000399. The molecule has 5 nitrogen and oxygen atoms in total. The van der Waals surface area contributed by atoms with Gasteiger partial charge in [0.1, 0.15) is 12.5 Å². The minimum atomic E-state index is -5.19. The number of hydrogen-bond acceptors (Lipinski definition) is 4. The van der Waals surface area contributed by atoms with E-state index in [2.05, 4.69) is 0 Å². The van der Waals surface area contributed by atoms with Gasteiger partial charge in [-0.15, -0.1) is 0 Å². The number of carboxylic acid groups (broad SMARTS) is 1. The summed E-state index contributed by atoms with van der Waals surface area (Å²) in [6.45, 7) is 4.50. The number of nitrogens with one attached hydrogen (secondary N) is 1. The van der Waals surface area contributed by atoms with Gasteiger partial charge in [-0.3, -0.25) is 0 Å². The van der Waals surface area contributed by atoms with Crippen molar-refractivity contribution in [2.75, 3.05) is 40.0 Å². The molecule has 0 spiro atoms. The quantitative estimate of drug-likeness (QED) is 0.641. The van der Waals surface area contributed by atoms with Crippen molar-refractivity contribution in [3.8, 4) is 0 Å². The number of carbonyl (C=O) groups excluding carboxylic acids is 1. The number of aliphatic hydroxyl groups is 1. The summed E-state index contributed by atoms with van der Waals surface area (Å²) in [5, 5.41) is 17.6. The molecule has 1 rings (SSSR count). The number of aliphatic hydroxyl groups excluding tert-OH is 1. The highest BCUT2D eigenvalue weighted by molar-refractivity contribution is 5.70. The molecule has 2 N–H and O–H groups in total. The van der Waals surface area contributed by atoms with E-state index in [1.54, 1.807) is 7.11 Å². The molecule has 1 aliphatic rings. The number of rotatable bonds is 4. The van der Waals surface area contributed by atoms with Crippen LogP contribution in [0.3, 0.4) is 0 Å². The van der Waals surface area contributed by atoms with Crippen molar-refractivity contribution in [3.05, 3.63) is 0 Å². The molecule has 1 fully saturated rings. The molecule has 0 aliphatic carbocycles. The lowest BCUT2D eigenvalue weighted by atomic mass is 9.99. The zero-order chi connectivity index (χ0) is 14.9. The van der Waals surface area contributed by atoms with Crippen molar-refractivity contribution in [2.45, 2.75) is 19.0 Å². The summed E-state index contributed by atoms with van der Waals surface area (Å²) in [7, 11) is 1.76. The number of hydrogen-bond donors (Lipinski definition) is 2. The van der Waals surface area contributed by atoms with E-state index in [4.69, 9.17) is 19.7 Å². The van der Waals surface area contributed by atoms with Gasteiger partial charge in [0.2, 0.25) is 0 Å². The second kappa shape index (κ2) is 9.11. The van der Waals surface area contributed by atoms with Crippen molar-refractivity contribution >= 4 is 5.97 Å². The van der Waals surface area contributed by atoms with Gasteiger partial charge in [0.05, 0.1) is 26.3 Å². The average Bonchev–Trinajstić information content (AvgIpc) is 2.30. The van der Waals surface area contributed by atoms with Crippen molar-refractivity contribution in [1.29, 1.82) is 0 Å². The van der Waals surface area contributed by atoms with E-state index < -0.39 is 12.1 Å². The maximum absolute atomic E-state index is 10.5. The molecule has 1 saturated heterocycles. The first kappa shape index (κ1) is 18.1. The number of piperidine rings is 1. The van der Waals surface area contributed by atoms with Crippen LogP contribution < -0.4 is 10.0 Å². The van der Waals surface area contributed by atoms with Gasteiger partial charge < -0.3 is 24.6 Å². The Morgan fingerprint density at radius 3 is 2.53 bits per heavy atom. The van der Waals surface area contributed by atoms with Crippen LogP contribution in [0.2, 0.25) is 0 Å². The summed E-state index contributed by atoms with van der Waals surface area (Å²) in [6, 6.07) is 0. The Kier molecular flexibility index (Phi) is 8.70. The van der Waals surface area contributed by atoms with Gasteiger partial charge in [-0.25, -0.2) is 0 Å². The SMILES string of the molecule is COCC1CCC[NH+](CCO)C1.O=C([O-])C(F)(F)F. The standard InChI is InChI=1S/C9H19NO2.C2HF3O2/c1-12-8-9-3-2-4-10(7-9)5-6-11;3-2(4,5)1(6)7/h9,11H,2-8H2,1H3;(H,6,7). The number of carbonyl (C=O) groups is 1. The number of methoxy groups -OCH3 is 1. The number of aliphatic carboxylic acids is 1. The highest BCUT2D eigenvalue weighted by atomic mass is 19.4. The van der Waals surface area contributed by atoms with E-state index >= 15 is 0 Å². The van der Waals surface area contributed by atoms with Gasteiger partial charge in [-0.1, -0.05) is 0 Å². The van der Waals surface area contributed by atoms with Crippen molar-refractivity contribution in [3.63, 3.8) is 0 Å². The molecule has 0 aromatic rings. The molecule has 0 saturated carbocycles. The Morgan fingerprint density at radius 2 is 2.11 bits per heavy atom. The maximum atomic E-state index is 10.5. The normalized spacial score (nSPS) is 23.4. The Labute approximate surface area is 110 Å². The molecule has 114 valence electrons. The summed E-state index contributed by atoms with van der Waals surface area (Å²) >= 11 is 0. The van der Waals surface area contributed by atoms with Gasteiger partial charge in [-0.05, 0) is 12.8 Å². The van der Waals surface area contributed by atoms with E-state index in [-0.39, 0.29) is 0 Å². The fourth-order valence-electron chi connectivity index (χ4n) is 2.02. The summed E-state index contributed by atoms with van der Waals surface area (Å²) in [5.74, 6) is -2.29. The number of likely N-dealkylation sites (tertiary alicyclic amines) is 1. The Bertz CT molecular complexity index is 245. The third-order valence-corrected chi connectivity index (χ3v) is 2.82. The van der Waals surface area contributed by atoms with Crippen molar-refractivity contribution in [2.24, 2.45) is 5.92 Å². The van der Waals surface area contributed by atoms with Crippen LogP contribution in [-0.2, 0) is 9.53 Å². The summed E-state index contributed by atoms with van der Waals surface area (Å²) in [5.41, 5.74) is 0. The van der Waals surface area contributed by atoms with Crippen LogP contribution in [-0.4, -0.2) is 57.2 Å². The predicted molar refractivity (Wildman–Crippen MR) is 58.3 cm³/mol. The lowest BCUT2D eigenvalue weighted by molar-refractivity contribution is -0.909. The highest BCUT2D eigenvalue weighted by Crippen LogP contribution is 2.11. The highest BCUT2D eigenvalue weighted by Gasteiger charge is 2.28. The number of quaternary nitrogens is 1. The molecule has 8 heteroatoms. The zero-order valence-electron chi connectivity index (χ0n) is 10.8. The molecule has 0 bridgehead atoms. The van der Waals surface area contributed by atoms with Gasteiger partial charge in [-0.2, -0.15) is 13.2 Å². The second-order valence-electron chi connectivity index (χ2n) is 4.43. The Morgan fingerprint density at radius 1 is 1.53 bits per heavy atom. The number of alkyl halides is 3. The predicted octanol–water partition coefficient (Wildman–Crippen LogP) is -1.78. The van der Waals surface area contributed by atoms with Crippen molar-refractivity contribution < 1.29 is 37.8 Å². The lowest BCUT2D eigenvalue weighted by Crippen LogP contribution is -3.14. The van der Waals surface area contributed by atoms with E-state index in [1.807, 2.05) is 0 Å². The molecule has 0 radical (unpaired) electrons. The number of carboxylic acids is 1. The first-order valence-electron chi connectivity index (χ1n) is 6.02. The van der Waals surface area contributed by atoms with Crippen LogP contribution in [0.1, 0.15) is 12.8 Å². The third kappa shape index (κ3) is 8.79. The minimum Gasteiger partial charge on any atom is -0.542 e. The molecule has 1 heterocycles. The Hall–Kier alpha value is -0.860. The van der Waals surface area contributed by atoms with Crippen molar-refractivity contribution in [1.82, 2.24) is 0 Å². The molecular weight excluding hydrogens is 267 g/mol. The smallest absolute Gasteiger partial charge is 0.430 e. The molecule has 19 heavy (non-hydrogen) atoms. The topological polar surface area (TPSA) is 74.0 Å². The molecule has 2 unspecified atom stereocenters. The largest absolute Gasteiger partial charge is 0.542 e. The van der Waals surface area contributed by atoms with Gasteiger partial charge in [0, 0.05) is 13.0 Å². The average molecular weight is 287 g/mol. The van der Waals surface area contributed by atoms with Crippen LogP contribution in [0, 0.1) is 5.92 Å². The molecule has 0 amide bonds. The van der Waals surface area contributed by atoms with Crippen LogP contribution in [0.15, 0.2) is 0 Å². The van der Waals surface area contributed by atoms with Crippen LogP contribution in [0.25, 0.3) is 0 Å². The third-order valence-electron chi connectivity index (χ3n) is 2.82. The van der Waals surface area contributed by atoms with E-state index in [9.17, 15) is 13.2 Å². The fraction of sp³-hybridized carbons (Fsp3) is 0.909. The van der Waals surface area contributed by atoms with E-state index in [0.717, 1.165) is 13.2 Å². The first-order chi connectivity index (χ1) is 8.81. The van der Waals surface area contributed by atoms with Gasteiger partial charge in [0.15, 0.2) is 0 Å². The summed E-state index contributed by atoms with van der Waals surface area (Å²) < 4.78 is 36.7. The monoisotopic (exact) mass is 287 g/mol. The molecule has 2 atom stereocenters. The van der Waals surface area contributed by atoms with Crippen LogP contribution in [0.4, 0.5) is 13.2 Å². The lowest BCUT2D eigenvalue weighted by Gasteiger charge is -2.28. The number of halogens is 3. The summed E-state index contributed by atoms with van der Waals surface area (Å²) in [4.78, 5) is 10.3. The molecule has 1 aliphatic heterocycles. The zero-order valence-corrected chi connectivity index (χ0v) is 10.8. The first-order valence-corrected chi connectivity index (χ1v) is 6.02. The number of ether oxygens (including phenoxy) is 1. The minimum absolute atomic E-state index is 0.315. The fourth-order valence-corrected chi connectivity index (χ4v) is 2.02. The van der Waals surface area contributed by atoms with Crippen LogP contribution >= 0.6 is 0 Å². The molecule has 0 aromatic heterocycles. The molecule has 0 aromatic carbocycles. The van der Waals surface area contributed by atoms with Crippen LogP contribution in [0.5, 0.6) is 0 Å². The second-order valence-corrected chi connectivity index (χ2v) is 4.43. The van der Waals surface area contributed by atoms with Gasteiger partial charge >= 0.3 is 6.18 Å². The maximum Gasteiger partial charge on any atom is 0.430 e. The molecular formula is C11H20F3NO4. The summed E-state index contributed by atoms with van der Waals surface area (Å²) in [6.07, 6.45) is -2.62. The van der Waals surface area contributed by atoms with Gasteiger partial charge in [0.25, 0.3) is 0 Å². The van der Waals surface area contributed by atoms with E-state index in [1.165, 1.54) is 30.8 Å². The van der Waals surface area contributed by atoms with E-state index in [0.29, 0.717) is 12.5 Å².